The maximum Gasteiger partial charge on any atom is 0.230 e. The standard InChI is InChI=1S/C11H13N2O.Y/c1-9-2-4-10(5-3-9)13-7-6-12-8-11(13)14;/h2,4-5,12H,6-8H2,1H3;/q-1;. The number of rotatable bonds is 1. The van der Waals surface area contributed by atoms with Crippen LogP contribution in [-0.4, -0.2) is 25.5 Å². The normalized spacial score (nSPS) is 16.1. The van der Waals surface area contributed by atoms with Gasteiger partial charge in [0.2, 0.25) is 5.91 Å². The van der Waals surface area contributed by atoms with E-state index in [1.54, 1.807) is 4.90 Å². The molecular formula is C11H13N2OY-. The van der Waals surface area contributed by atoms with Crippen LogP contribution in [0.15, 0.2) is 18.2 Å². The van der Waals surface area contributed by atoms with Gasteiger partial charge in [-0.15, -0.1) is 6.07 Å². The van der Waals surface area contributed by atoms with Gasteiger partial charge in [0.15, 0.2) is 0 Å². The number of nitrogens with zero attached hydrogens (tertiary/aromatic N) is 1. The van der Waals surface area contributed by atoms with E-state index in [-0.39, 0.29) is 38.6 Å². The third kappa shape index (κ3) is 3.10. The van der Waals surface area contributed by atoms with Crippen molar-refractivity contribution in [3.63, 3.8) is 0 Å². The molecule has 0 saturated carbocycles. The van der Waals surface area contributed by atoms with E-state index in [9.17, 15) is 4.79 Å². The summed E-state index contributed by atoms with van der Waals surface area (Å²) in [5, 5.41) is 3.04. The van der Waals surface area contributed by atoms with E-state index >= 15 is 0 Å². The van der Waals surface area contributed by atoms with Gasteiger partial charge in [-0.1, -0.05) is 12.6 Å². The molecule has 0 atom stereocenters. The first-order valence-electron chi connectivity index (χ1n) is 4.77. The van der Waals surface area contributed by atoms with Gasteiger partial charge in [0.05, 0.1) is 6.54 Å². The van der Waals surface area contributed by atoms with Crippen LogP contribution in [0, 0.1) is 13.0 Å². The number of nitrogens with one attached hydrogen (secondary N) is 1. The molecule has 0 unspecified atom stereocenters. The Hall–Kier alpha value is -0.246. The molecule has 1 radical (unpaired) electrons. The molecule has 1 aliphatic rings. The minimum Gasteiger partial charge on any atom is -0.364 e. The minimum atomic E-state index is 0. The van der Waals surface area contributed by atoms with Crippen LogP contribution in [0.4, 0.5) is 5.69 Å². The zero-order chi connectivity index (χ0) is 9.97. The van der Waals surface area contributed by atoms with Crippen molar-refractivity contribution >= 4 is 11.6 Å². The molecule has 1 heterocycles. The Bertz CT molecular complexity index is 337. The fraction of sp³-hybridized carbons (Fsp3) is 0.364. The van der Waals surface area contributed by atoms with Gasteiger partial charge in [0.25, 0.3) is 0 Å². The molecule has 1 aromatic rings. The molecule has 1 amide bonds. The fourth-order valence-corrected chi connectivity index (χ4v) is 1.54. The van der Waals surface area contributed by atoms with Crippen LogP contribution in [0.25, 0.3) is 0 Å². The van der Waals surface area contributed by atoms with Crippen molar-refractivity contribution < 1.29 is 37.5 Å². The number of carbonyl (C=O) groups is 1. The summed E-state index contributed by atoms with van der Waals surface area (Å²) in [6.45, 7) is 4.03. The monoisotopic (exact) mass is 278 g/mol. The maximum absolute atomic E-state index is 11.5. The Morgan fingerprint density at radius 3 is 2.87 bits per heavy atom. The van der Waals surface area contributed by atoms with Gasteiger partial charge >= 0.3 is 0 Å². The van der Waals surface area contributed by atoms with Crippen molar-refractivity contribution in [1.82, 2.24) is 5.32 Å². The van der Waals surface area contributed by atoms with Crippen LogP contribution < -0.4 is 10.2 Å². The number of benzene rings is 1. The molecule has 15 heavy (non-hydrogen) atoms. The van der Waals surface area contributed by atoms with Crippen molar-refractivity contribution in [2.24, 2.45) is 0 Å². The third-order valence-electron chi connectivity index (χ3n) is 2.35. The number of carbonyl (C=O) groups excluding carboxylic acids is 1. The molecule has 1 N–H and O–H groups in total. The smallest absolute Gasteiger partial charge is 0.230 e. The number of piperazine rings is 1. The topological polar surface area (TPSA) is 32.3 Å². The van der Waals surface area contributed by atoms with Gasteiger partial charge in [0.1, 0.15) is 0 Å². The molecular weight excluding hydrogens is 265 g/mol. The van der Waals surface area contributed by atoms with Crippen molar-refractivity contribution in [2.75, 3.05) is 24.5 Å². The summed E-state index contributed by atoms with van der Waals surface area (Å²) >= 11 is 0. The van der Waals surface area contributed by atoms with Crippen LogP contribution in [0.5, 0.6) is 0 Å². The first kappa shape index (κ1) is 12.8. The van der Waals surface area contributed by atoms with E-state index in [0.29, 0.717) is 6.54 Å². The van der Waals surface area contributed by atoms with Gasteiger partial charge in [0, 0.05) is 45.8 Å². The summed E-state index contributed by atoms with van der Waals surface area (Å²) in [6.07, 6.45) is 0. The Kier molecular flexibility index (Phi) is 4.90. The van der Waals surface area contributed by atoms with Crippen molar-refractivity contribution in [1.29, 1.82) is 0 Å². The summed E-state index contributed by atoms with van der Waals surface area (Å²) in [5.41, 5.74) is 2.04. The molecule has 1 aromatic carbocycles. The maximum atomic E-state index is 11.5. The molecule has 1 saturated heterocycles. The molecule has 0 aliphatic carbocycles. The SMILES string of the molecule is Cc1[c-]cc(N2CCNCC2=O)cc1.[Y]. The summed E-state index contributed by atoms with van der Waals surface area (Å²) in [7, 11) is 0. The second-order valence-corrected chi connectivity index (χ2v) is 3.45. The van der Waals surface area contributed by atoms with E-state index in [2.05, 4.69) is 11.4 Å². The molecule has 77 valence electrons. The molecule has 4 heteroatoms. The van der Waals surface area contributed by atoms with E-state index in [1.165, 1.54) is 0 Å². The Morgan fingerprint density at radius 2 is 2.27 bits per heavy atom. The molecule has 2 rings (SSSR count). The van der Waals surface area contributed by atoms with Crippen LogP contribution in [-0.2, 0) is 37.5 Å². The average Bonchev–Trinajstić information content (AvgIpc) is 2.20. The van der Waals surface area contributed by atoms with Gasteiger partial charge in [-0.2, -0.15) is 23.8 Å². The van der Waals surface area contributed by atoms with Crippen LogP contribution in [0.2, 0.25) is 0 Å². The van der Waals surface area contributed by atoms with Crippen LogP contribution in [0.3, 0.4) is 0 Å². The van der Waals surface area contributed by atoms with E-state index in [4.69, 9.17) is 0 Å². The molecule has 0 bridgehead atoms. The zero-order valence-corrected chi connectivity index (χ0v) is 11.6. The second-order valence-electron chi connectivity index (χ2n) is 3.45. The summed E-state index contributed by atoms with van der Waals surface area (Å²) < 4.78 is 0. The summed E-state index contributed by atoms with van der Waals surface area (Å²) in [4.78, 5) is 13.3. The van der Waals surface area contributed by atoms with Gasteiger partial charge < -0.3 is 10.2 Å². The number of hydrogen-bond donors (Lipinski definition) is 1. The molecule has 0 spiro atoms. The summed E-state index contributed by atoms with van der Waals surface area (Å²) in [6, 6.07) is 8.92. The van der Waals surface area contributed by atoms with Gasteiger partial charge in [-0.3, -0.25) is 4.79 Å². The second kappa shape index (κ2) is 5.73. The van der Waals surface area contributed by atoms with E-state index in [1.807, 2.05) is 25.1 Å². The molecule has 1 fully saturated rings. The predicted molar refractivity (Wildman–Crippen MR) is 55.2 cm³/mol. The third-order valence-corrected chi connectivity index (χ3v) is 2.35. The molecule has 1 aliphatic heterocycles. The summed E-state index contributed by atoms with van der Waals surface area (Å²) in [5.74, 6) is 0.133. The first-order valence-corrected chi connectivity index (χ1v) is 4.77. The van der Waals surface area contributed by atoms with Crippen LogP contribution in [0.1, 0.15) is 5.56 Å². The van der Waals surface area contributed by atoms with Gasteiger partial charge in [-0.05, 0) is 0 Å². The average molecular weight is 278 g/mol. The molecule has 0 aromatic heterocycles. The van der Waals surface area contributed by atoms with Gasteiger partial charge in [-0.25, -0.2) is 0 Å². The fourth-order valence-electron chi connectivity index (χ4n) is 1.54. The van der Waals surface area contributed by atoms with E-state index < -0.39 is 0 Å². The zero-order valence-electron chi connectivity index (χ0n) is 8.79. The predicted octanol–water partition coefficient (Wildman–Crippen LogP) is 0.729. The van der Waals surface area contributed by atoms with Crippen molar-refractivity contribution in [2.45, 2.75) is 6.92 Å². The largest absolute Gasteiger partial charge is 0.364 e. The first-order chi connectivity index (χ1) is 6.77. The molecule has 3 nitrogen and oxygen atoms in total. The van der Waals surface area contributed by atoms with Crippen molar-refractivity contribution in [3.8, 4) is 0 Å². The van der Waals surface area contributed by atoms with Crippen LogP contribution >= 0.6 is 0 Å². The van der Waals surface area contributed by atoms with E-state index in [0.717, 1.165) is 24.3 Å². The Balaban J connectivity index is 0.00000112. The number of amides is 1. The number of hydrogen-bond acceptors (Lipinski definition) is 2. The quantitative estimate of drug-likeness (QED) is 0.768. The Labute approximate surface area is 115 Å². The van der Waals surface area contributed by atoms with Crippen molar-refractivity contribution in [3.05, 3.63) is 29.8 Å². The number of anilines is 1. The Morgan fingerprint density at radius 1 is 1.47 bits per heavy atom. The minimum absolute atomic E-state index is 0. The number of aryl methyl sites for hydroxylation is 1.